The van der Waals surface area contributed by atoms with Gasteiger partial charge in [-0.05, 0) is 42.8 Å². The van der Waals surface area contributed by atoms with Crippen LogP contribution in [0.4, 0.5) is 11.4 Å². The number of carbonyl (C=O) groups excluding carboxylic acids is 1. The number of aromatic nitrogens is 3. The molecule has 7 nitrogen and oxygen atoms in total. The van der Waals surface area contributed by atoms with E-state index in [4.69, 9.17) is 16.3 Å². The summed E-state index contributed by atoms with van der Waals surface area (Å²) in [6.07, 6.45) is 2.97. The van der Waals surface area contributed by atoms with Gasteiger partial charge in [0.15, 0.2) is 0 Å². The molecular formula is C18H18ClN5O2. The quantitative estimate of drug-likeness (QED) is 0.695. The van der Waals surface area contributed by atoms with Crippen molar-refractivity contribution in [2.24, 2.45) is 0 Å². The number of rotatable bonds is 6. The van der Waals surface area contributed by atoms with E-state index in [-0.39, 0.29) is 12.5 Å². The summed E-state index contributed by atoms with van der Waals surface area (Å²) in [7, 11) is 1.59. The van der Waals surface area contributed by atoms with Crippen molar-refractivity contribution in [3.63, 3.8) is 0 Å². The number of carbonyl (C=O) groups is 1. The number of methoxy groups -OCH3 is 1. The van der Waals surface area contributed by atoms with Gasteiger partial charge in [0, 0.05) is 5.02 Å². The smallest absolute Gasteiger partial charge is 0.243 e. The van der Waals surface area contributed by atoms with E-state index >= 15 is 0 Å². The number of benzene rings is 2. The van der Waals surface area contributed by atoms with E-state index in [2.05, 4.69) is 20.7 Å². The van der Waals surface area contributed by atoms with Crippen LogP contribution < -0.4 is 15.4 Å². The molecule has 0 saturated carbocycles. The summed E-state index contributed by atoms with van der Waals surface area (Å²) in [4.78, 5) is 16.3. The minimum Gasteiger partial charge on any atom is -0.495 e. The molecule has 3 aromatic rings. The molecule has 0 bridgehead atoms. The van der Waals surface area contributed by atoms with E-state index in [9.17, 15) is 4.79 Å². The van der Waals surface area contributed by atoms with Crippen LogP contribution in [0.3, 0.4) is 0 Å². The SMILES string of the molecule is COc1ccc(C)cc1NCC(=O)Nc1cc(Cl)ccc1-n1cncn1. The van der Waals surface area contributed by atoms with Gasteiger partial charge in [-0.3, -0.25) is 4.79 Å². The van der Waals surface area contributed by atoms with Crippen LogP contribution in [0.1, 0.15) is 5.56 Å². The molecule has 0 spiro atoms. The van der Waals surface area contributed by atoms with Gasteiger partial charge in [-0.2, -0.15) is 5.10 Å². The number of aryl methyl sites for hydroxylation is 1. The van der Waals surface area contributed by atoms with Crippen LogP contribution in [-0.4, -0.2) is 34.3 Å². The van der Waals surface area contributed by atoms with Crippen LogP contribution in [0.5, 0.6) is 5.75 Å². The van der Waals surface area contributed by atoms with Crippen molar-refractivity contribution in [1.29, 1.82) is 0 Å². The Morgan fingerprint density at radius 1 is 1.23 bits per heavy atom. The fourth-order valence-corrected chi connectivity index (χ4v) is 2.64. The van der Waals surface area contributed by atoms with Gasteiger partial charge in [0.1, 0.15) is 18.4 Å². The monoisotopic (exact) mass is 371 g/mol. The zero-order valence-corrected chi connectivity index (χ0v) is 15.1. The molecule has 0 radical (unpaired) electrons. The molecule has 0 aliphatic carbocycles. The number of halogens is 1. The van der Waals surface area contributed by atoms with Gasteiger partial charge in [0.25, 0.3) is 0 Å². The number of amides is 1. The Hall–Kier alpha value is -3.06. The molecule has 1 heterocycles. The Morgan fingerprint density at radius 2 is 2.08 bits per heavy atom. The second-order valence-electron chi connectivity index (χ2n) is 5.61. The first-order valence-corrected chi connectivity index (χ1v) is 8.27. The molecule has 3 rings (SSSR count). The molecule has 2 N–H and O–H groups in total. The summed E-state index contributed by atoms with van der Waals surface area (Å²) in [5.41, 5.74) is 3.04. The lowest BCUT2D eigenvalue weighted by atomic mass is 10.2. The van der Waals surface area contributed by atoms with Crippen molar-refractivity contribution in [1.82, 2.24) is 14.8 Å². The van der Waals surface area contributed by atoms with E-state index in [0.29, 0.717) is 22.1 Å². The molecule has 0 aliphatic heterocycles. The lowest BCUT2D eigenvalue weighted by molar-refractivity contribution is -0.114. The lowest BCUT2D eigenvalue weighted by Gasteiger charge is -2.14. The minimum atomic E-state index is -0.225. The molecule has 1 aromatic heterocycles. The van der Waals surface area contributed by atoms with Crippen LogP contribution in [-0.2, 0) is 4.79 Å². The Balaban J connectivity index is 1.73. The minimum absolute atomic E-state index is 0.0725. The van der Waals surface area contributed by atoms with Gasteiger partial charge in [-0.1, -0.05) is 17.7 Å². The van der Waals surface area contributed by atoms with Crippen molar-refractivity contribution in [2.75, 3.05) is 24.3 Å². The van der Waals surface area contributed by atoms with Crippen LogP contribution in [0.15, 0.2) is 49.1 Å². The van der Waals surface area contributed by atoms with Gasteiger partial charge >= 0.3 is 0 Å². The van der Waals surface area contributed by atoms with E-state index in [1.54, 1.807) is 36.3 Å². The maximum atomic E-state index is 12.4. The lowest BCUT2D eigenvalue weighted by Crippen LogP contribution is -2.22. The largest absolute Gasteiger partial charge is 0.495 e. The Morgan fingerprint density at radius 3 is 2.81 bits per heavy atom. The average Bonchev–Trinajstić information content (AvgIpc) is 3.14. The van der Waals surface area contributed by atoms with Crippen molar-refractivity contribution in [3.05, 3.63) is 59.6 Å². The highest BCUT2D eigenvalue weighted by Gasteiger charge is 2.11. The van der Waals surface area contributed by atoms with Gasteiger partial charge in [0.2, 0.25) is 5.91 Å². The fourth-order valence-electron chi connectivity index (χ4n) is 2.47. The Labute approximate surface area is 156 Å². The first-order valence-electron chi connectivity index (χ1n) is 7.90. The van der Waals surface area contributed by atoms with Gasteiger partial charge in [-0.15, -0.1) is 0 Å². The van der Waals surface area contributed by atoms with Crippen molar-refractivity contribution >= 4 is 28.9 Å². The molecule has 26 heavy (non-hydrogen) atoms. The third kappa shape index (κ3) is 4.12. The third-order valence-corrected chi connectivity index (χ3v) is 3.93. The summed E-state index contributed by atoms with van der Waals surface area (Å²) in [6.45, 7) is 2.05. The predicted molar refractivity (Wildman–Crippen MR) is 101 cm³/mol. The summed E-state index contributed by atoms with van der Waals surface area (Å²) < 4.78 is 6.86. The Bertz CT molecular complexity index is 912. The summed E-state index contributed by atoms with van der Waals surface area (Å²) in [6, 6.07) is 10.9. The van der Waals surface area contributed by atoms with E-state index in [0.717, 1.165) is 11.3 Å². The highest BCUT2D eigenvalue weighted by atomic mass is 35.5. The first-order chi connectivity index (χ1) is 12.6. The number of ether oxygens (including phenoxy) is 1. The van der Waals surface area contributed by atoms with Crippen molar-refractivity contribution < 1.29 is 9.53 Å². The average molecular weight is 372 g/mol. The van der Waals surface area contributed by atoms with E-state index in [1.807, 2.05) is 25.1 Å². The van der Waals surface area contributed by atoms with Crippen molar-refractivity contribution in [2.45, 2.75) is 6.92 Å². The third-order valence-electron chi connectivity index (χ3n) is 3.69. The molecule has 134 valence electrons. The van der Waals surface area contributed by atoms with Crippen LogP contribution >= 0.6 is 11.6 Å². The maximum absolute atomic E-state index is 12.4. The Kier molecular flexibility index (Phi) is 5.38. The van der Waals surface area contributed by atoms with Crippen LogP contribution in [0.25, 0.3) is 5.69 Å². The van der Waals surface area contributed by atoms with E-state index < -0.39 is 0 Å². The molecule has 0 atom stereocenters. The normalized spacial score (nSPS) is 10.4. The van der Waals surface area contributed by atoms with E-state index in [1.165, 1.54) is 6.33 Å². The van der Waals surface area contributed by atoms with Gasteiger partial charge in [0.05, 0.1) is 30.7 Å². The highest BCUT2D eigenvalue weighted by molar-refractivity contribution is 6.31. The summed E-state index contributed by atoms with van der Waals surface area (Å²) in [5.74, 6) is 0.451. The molecule has 0 aliphatic rings. The number of nitrogens with one attached hydrogen (secondary N) is 2. The second kappa shape index (κ2) is 7.88. The number of hydrogen-bond acceptors (Lipinski definition) is 5. The van der Waals surface area contributed by atoms with Crippen molar-refractivity contribution in [3.8, 4) is 11.4 Å². The van der Waals surface area contributed by atoms with Crippen LogP contribution in [0.2, 0.25) is 5.02 Å². The molecule has 1 amide bonds. The van der Waals surface area contributed by atoms with Gasteiger partial charge < -0.3 is 15.4 Å². The molecular weight excluding hydrogens is 354 g/mol. The summed E-state index contributed by atoms with van der Waals surface area (Å²) in [5, 5.41) is 10.5. The molecule has 0 unspecified atom stereocenters. The summed E-state index contributed by atoms with van der Waals surface area (Å²) >= 11 is 6.06. The molecule has 0 fully saturated rings. The topological polar surface area (TPSA) is 81.1 Å². The number of hydrogen-bond donors (Lipinski definition) is 2. The fraction of sp³-hybridized carbons (Fsp3) is 0.167. The zero-order valence-electron chi connectivity index (χ0n) is 14.4. The first kappa shape index (κ1) is 17.8. The second-order valence-corrected chi connectivity index (χ2v) is 6.04. The standard InChI is InChI=1S/C18H18ClN5O2/c1-12-3-6-17(26-2)15(7-12)21-9-18(25)23-14-8-13(19)4-5-16(14)24-11-20-10-22-24/h3-8,10-11,21H,9H2,1-2H3,(H,23,25). The number of nitrogens with zero attached hydrogens (tertiary/aromatic N) is 3. The number of anilines is 2. The maximum Gasteiger partial charge on any atom is 0.243 e. The molecule has 0 saturated heterocycles. The van der Waals surface area contributed by atoms with Gasteiger partial charge in [-0.25, -0.2) is 9.67 Å². The molecule has 2 aromatic carbocycles. The molecule has 8 heteroatoms. The zero-order chi connectivity index (χ0) is 18.5. The van der Waals surface area contributed by atoms with Crippen LogP contribution in [0, 0.1) is 6.92 Å². The predicted octanol–water partition coefficient (Wildman–Crippen LogP) is 3.29. The highest BCUT2D eigenvalue weighted by Crippen LogP contribution is 2.26.